The summed E-state index contributed by atoms with van der Waals surface area (Å²) in [5.41, 5.74) is 1.07. The number of nitrogens with one attached hydrogen (secondary N) is 2. The molecule has 0 atom stereocenters. The highest BCUT2D eigenvalue weighted by Crippen LogP contribution is 2.17. The maximum Gasteiger partial charge on any atom is 0.233 e. The lowest BCUT2D eigenvalue weighted by Crippen LogP contribution is -2.36. The van der Waals surface area contributed by atoms with Gasteiger partial charge in [-0.05, 0) is 31.9 Å². The Balaban J connectivity index is 1.82. The number of carbonyl (C=O) groups is 3. The zero-order valence-corrected chi connectivity index (χ0v) is 13.6. The molecule has 5 heteroatoms. The molecule has 124 valence electrons. The smallest absolute Gasteiger partial charge is 0.233 e. The third-order valence-electron chi connectivity index (χ3n) is 4.09. The fourth-order valence-corrected chi connectivity index (χ4v) is 2.87. The van der Waals surface area contributed by atoms with Crippen LogP contribution in [-0.2, 0) is 9.59 Å². The molecule has 2 rings (SSSR count). The zero-order valence-electron chi connectivity index (χ0n) is 13.6. The van der Waals surface area contributed by atoms with E-state index in [2.05, 4.69) is 10.6 Å². The fraction of sp³-hybridized carbons (Fsp3) is 0.500. The summed E-state index contributed by atoms with van der Waals surface area (Å²) in [6.45, 7) is 1.47. The third-order valence-corrected chi connectivity index (χ3v) is 4.09. The number of Topliss-reactive ketones (excluding diaryl/α,β-unsaturated/α-hetero) is 1. The average molecular weight is 316 g/mol. The van der Waals surface area contributed by atoms with E-state index in [0.29, 0.717) is 11.3 Å². The van der Waals surface area contributed by atoms with Crippen LogP contribution in [0, 0.1) is 0 Å². The highest BCUT2D eigenvalue weighted by molar-refractivity contribution is 6.04. The highest BCUT2D eigenvalue weighted by atomic mass is 16.2. The third kappa shape index (κ3) is 5.85. The molecule has 5 nitrogen and oxygen atoms in total. The highest BCUT2D eigenvalue weighted by Gasteiger charge is 2.17. The Hall–Kier alpha value is -2.17. The maximum absolute atomic E-state index is 12.0. The van der Waals surface area contributed by atoms with Crippen molar-refractivity contribution >= 4 is 23.3 Å². The zero-order chi connectivity index (χ0) is 16.7. The second-order valence-corrected chi connectivity index (χ2v) is 6.12. The van der Waals surface area contributed by atoms with E-state index in [0.717, 1.165) is 25.7 Å². The van der Waals surface area contributed by atoms with Gasteiger partial charge in [-0.3, -0.25) is 14.4 Å². The van der Waals surface area contributed by atoms with E-state index in [9.17, 15) is 14.4 Å². The van der Waals surface area contributed by atoms with Gasteiger partial charge in [0.2, 0.25) is 11.8 Å². The monoisotopic (exact) mass is 316 g/mol. The van der Waals surface area contributed by atoms with Crippen LogP contribution in [-0.4, -0.2) is 23.6 Å². The van der Waals surface area contributed by atoms with Gasteiger partial charge in [0.25, 0.3) is 0 Å². The lowest BCUT2D eigenvalue weighted by atomic mass is 10.1. The van der Waals surface area contributed by atoms with Crippen molar-refractivity contribution in [1.82, 2.24) is 5.32 Å². The Labute approximate surface area is 136 Å². The molecule has 0 saturated heterocycles. The predicted molar refractivity (Wildman–Crippen MR) is 89.3 cm³/mol. The van der Waals surface area contributed by atoms with Crippen molar-refractivity contribution < 1.29 is 14.4 Å². The molecular formula is C18H24N2O3. The lowest BCUT2D eigenvalue weighted by Gasteiger charge is -2.16. The molecule has 1 fully saturated rings. The van der Waals surface area contributed by atoms with Crippen molar-refractivity contribution in [3.05, 3.63) is 29.8 Å². The molecule has 0 radical (unpaired) electrons. The number of rotatable bonds is 5. The molecule has 1 aromatic rings. The topological polar surface area (TPSA) is 75.3 Å². The van der Waals surface area contributed by atoms with E-state index in [4.69, 9.17) is 0 Å². The lowest BCUT2D eigenvalue weighted by molar-refractivity contribution is -0.127. The van der Waals surface area contributed by atoms with E-state index in [1.54, 1.807) is 24.3 Å². The molecule has 1 saturated carbocycles. The van der Waals surface area contributed by atoms with Gasteiger partial charge in [-0.2, -0.15) is 0 Å². The van der Waals surface area contributed by atoms with Crippen LogP contribution in [0.3, 0.4) is 0 Å². The number of anilines is 1. The summed E-state index contributed by atoms with van der Waals surface area (Å²) < 4.78 is 0. The molecule has 0 aromatic heterocycles. The van der Waals surface area contributed by atoms with Crippen LogP contribution in [0.1, 0.15) is 62.2 Å². The molecule has 23 heavy (non-hydrogen) atoms. The van der Waals surface area contributed by atoms with E-state index in [1.165, 1.54) is 19.8 Å². The van der Waals surface area contributed by atoms with Gasteiger partial charge in [-0.1, -0.05) is 37.8 Å². The molecule has 0 bridgehead atoms. The normalized spacial score (nSPS) is 15.5. The summed E-state index contributed by atoms with van der Waals surface area (Å²) in [6.07, 6.45) is 6.51. The summed E-state index contributed by atoms with van der Waals surface area (Å²) in [5.74, 6) is -0.666. The number of carbonyl (C=O) groups excluding carboxylic acids is 3. The largest absolute Gasteiger partial charge is 0.353 e. The Bertz CT molecular complexity index is 575. The van der Waals surface area contributed by atoms with Gasteiger partial charge in [-0.15, -0.1) is 0 Å². The second kappa shape index (κ2) is 8.46. The van der Waals surface area contributed by atoms with E-state index in [-0.39, 0.29) is 30.1 Å². The van der Waals surface area contributed by atoms with Crippen LogP contribution in [0.15, 0.2) is 24.3 Å². The standard InChI is InChI=1S/C18H24N2O3/c1-13(21)14-7-6-10-16(11-14)20-18(23)12-17(22)19-15-8-4-2-3-5-9-15/h6-7,10-11,15H,2-5,8-9,12H2,1H3,(H,19,22)(H,20,23). The Kier molecular flexibility index (Phi) is 6.32. The minimum absolute atomic E-state index is 0.0628. The van der Waals surface area contributed by atoms with Crippen LogP contribution in [0.2, 0.25) is 0 Å². The summed E-state index contributed by atoms with van der Waals surface area (Å²) >= 11 is 0. The van der Waals surface area contributed by atoms with E-state index >= 15 is 0 Å². The number of benzene rings is 1. The van der Waals surface area contributed by atoms with E-state index < -0.39 is 0 Å². The van der Waals surface area contributed by atoms with E-state index in [1.807, 2.05) is 0 Å². The minimum atomic E-state index is -0.364. The SMILES string of the molecule is CC(=O)c1cccc(NC(=O)CC(=O)NC2CCCCCC2)c1. The fourth-order valence-electron chi connectivity index (χ4n) is 2.87. The molecular weight excluding hydrogens is 292 g/mol. The minimum Gasteiger partial charge on any atom is -0.353 e. The first-order valence-corrected chi connectivity index (χ1v) is 8.25. The molecule has 0 unspecified atom stereocenters. The Morgan fingerprint density at radius 1 is 1.04 bits per heavy atom. The number of amides is 2. The molecule has 0 spiro atoms. The summed E-state index contributed by atoms with van der Waals surface area (Å²) in [6, 6.07) is 6.91. The van der Waals surface area contributed by atoms with Crippen LogP contribution in [0.5, 0.6) is 0 Å². The van der Waals surface area contributed by atoms with Crippen molar-refractivity contribution in [3.63, 3.8) is 0 Å². The quantitative estimate of drug-likeness (QED) is 0.498. The summed E-state index contributed by atoms with van der Waals surface area (Å²) in [4.78, 5) is 35.3. The number of hydrogen-bond donors (Lipinski definition) is 2. The first-order chi connectivity index (χ1) is 11.0. The van der Waals surface area contributed by atoms with Crippen LogP contribution < -0.4 is 10.6 Å². The maximum atomic E-state index is 12.0. The van der Waals surface area contributed by atoms with Gasteiger partial charge in [0.15, 0.2) is 5.78 Å². The number of hydrogen-bond acceptors (Lipinski definition) is 3. The van der Waals surface area contributed by atoms with Gasteiger partial charge >= 0.3 is 0 Å². The average Bonchev–Trinajstić information content (AvgIpc) is 2.75. The molecule has 1 aliphatic carbocycles. The van der Waals surface area contributed by atoms with Gasteiger partial charge in [0.05, 0.1) is 0 Å². The van der Waals surface area contributed by atoms with Crippen LogP contribution in [0.4, 0.5) is 5.69 Å². The van der Waals surface area contributed by atoms with Crippen molar-refractivity contribution in [2.45, 2.75) is 57.9 Å². The summed E-state index contributed by atoms with van der Waals surface area (Å²) in [7, 11) is 0. The molecule has 1 aromatic carbocycles. The molecule has 2 amide bonds. The molecule has 1 aliphatic rings. The van der Waals surface area contributed by atoms with Crippen LogP contribution >= 0.6 is 0 Å². The molecule has 2 N–H and O–H groups in total. The van der Waals surface area contributed by atoms with Gasteiger partial charge < -0.3 is 10.6 Å². The van der Waals surface area contributed by atoms with Crippen molar-refractivity contribution in [2.75, 3.05) is 5.32 Å². The Morgan fingerprint density at radius 2 is 1.74 bits per heavy atom. The van der Waals surface area contributed by atoms with Crippen molar-refractivity contribution in [1.29, 1.82) is 0 Å². The van der Waals surface area contributed by atoms with Gasteiger partial charge in [0, 0.05) is 17.3 Å². The van der Waals surface area contributed by atoms with Gasteiger partial charge in [0.1, 0.15) is 6.42 Å². The second-order valence-electron chi connectivity index (χ2n) is 6.12. The first-order valence-electron chi connectivity index (χ1n) is 8.25. The van der Waals surface area contributed by atoms with Gasteiger partial charge in [-0.25, -0.2) is 0 Å². The van der Waals surface area contributed by atoms with Crippen LogP contribution in [0.25, 0.3) is 0 Å². The Morgan fingerprint density at radius 3 is 2.39 bits per heavy atom. The van der Waals surface area contributed by atoms with Crippen molar-refractivity contribution in [2.24, 2.45) is 0 Å². The predicted octanol–water partition coefficient (Wildman–Crippen LogP) is 3.06. The first kappa shape index (κ1) is 17.2. The van der Waals surface area contributed by atoms with Crippen molar-refractivity contribution in [3.8, 4) is 0 Å². The molecule has 0 aliphatic heterocycles. The molecule has 0 heterocycles. The summed E-state index contributed by atoms with van der Waals surface area (Å²) in [5, 5.41) is 5.62. The number of ketones is 1.